The smallest absolute Gasteiger partial charge is 0.0702 e. The van der Waals surface area contributed by atoms with Crippen molar-refractivity contribution >= 4 is 17.0 Å². The molecule has 1 aliphatic rings. The number of allylic oxidation sites excluding steroid dienone is 2. The van der Waals surface area contributed by atoms with Crippen molar-refractivity contribution in [3.63, 3.8) is 0 Å². The van der Waals surface area contributed by atoms with Crippen molar-refractivity contribution in [3.8, 4) is 0 Å². The molecule has 0 saturated carbocycles. The second-order valence-electron chi connectivity index (χ2n) is 5.27. The number of benzene rings is 1. The van der Waals surface area contributed by atoms with Crippen molar-refractivity contribution in [3.05, 3.63) is 42.4 Å². The zero-order chi connectivity index (χ0) is 13.8. The van der Waals surface area contributed by atoms with Gasteiger partial charge >= 0.3 is 0 Å². The van der Waals surface area contributed by atoms with Gasteiger partial charge in [0.1, 0.15) is 0 Å². The van der Waals surface area contributed by atoms with E-state index in [0.29, 0.717) is 6.04 Å². The van der Waals surface area contributed by atoms with Gasteiger partial charge in [0.15, 0.2) is 0 Å². The molecule has 1 unspecified atom stereocenters. The van der Waals surface area contributed by atoms with E-state index in [4.69, 9.17) is 4.99 Å². The summed E-state index contributed by atoms with van der Waals surface area (Å²) in [7, 11) is 2.14. The molecule has 0 N–H and O–H groups in total. The largest absolute Gasteiger partial charge is 0.456 e. The fourth-order valence-corrected chi connectivity index (χ4v) is 2.32. The van der Waals surface area contributed by atoms with E-state index in [0.717, 1.165) is 18.5 Å². The Balaban J connectivity index is 0.00000200. The van der Waals surface area contributed by atoms with Crippen LogP contribution in [-0.4, -0.2) is 23.7 Å². The number of likely N-dealkylation sites (tertiary alicyclic amines) is 1. The Kier molecular flexibility index (Phi) is 7.74. The van der Waals surface area contributed by atoms with E-state index in [1.165, 1.54) is 16.8 Å². The van der Waals surface area contributed by atoms with E-state index in [1.54, 1.807) is 0 Å². The summed E-state index contributed by atoms with van der Waals surface area (Å²) in [6, 6.07) is 8.95. The third-order valence-corrected chi connectivity index (χ3v) is 3.88. The maximum atomic E-state index is 4.89. The van der Waals surface area contributed by atoms with Crippen molar-refractivity contribution in [2.75, 3.05) is 7.05 Å². The molecule has 0 aromatic heterocycles. The topological polar surface area (TPSA) is 15.6 Å². The average Bonchev–Trinajstić information content (AvgIpc) is 2.43. The van der Waals surface area contributed by atoms with Gasteiger partial charge in [0, 0.05) is 52.5 Å². The molecule has 1 heterocycles. The number of para-hydroxylation sites is 1. The number of nitrogens with zero attached hydrogens (tertiary/aromatic N) is 2. The first-order chi connectivity index (χ1) is 9.11. The first kappa shape index (κ1) is 18.2. The molecule has 1 atom stereocenters. The molecular weight excluding hydrogens is 405 g/mol. The zero-order valence-corrected chi connectivity index (χ0v) is 14.3. The van der Waals surface area contributed by atoms with E-state index >= 15 is 0 Å². The Morgan fingerprint density at radius 1 is 1.40 bits per heavy atom. The van der Waals surface area contributed by atoms with Crippen LogP contribution in [0.3, 0.4) is 0 Å². The molecule has 2 rings (SSSR count). The van der Waals surface area contributed by atoms with Gasteiger partial charge in [-0.2, -0.15) is 0 Å². The van der Waals surface area contributed by atoms with Crippen molar-refractivity contribution in [2.45, 2.75) is 39.7 Å². The summed E-state index contributed by atoms with van der Waals surface area (Å²) in [5, 5.41) is 0. The van der Waals surface area contributed by atoms with Gasteiger partial charge in [-0.05, 0) is 50.7 Å². The molecule has 116 valence electrons. The molecule has 20 heavy (non-hydrogen) atoms. The molecule has 0 radical (unpaired) electrons. The summed E-state index contributed by atoms with van der Waals surface area (Å²) in [6.07, 6.45) is 4.16. The Labute approximate surface area is 161 Å². The molecule has 1 aromatic carbocycles. The molecule has 1 saturated heterocycles. The van der Waals surface area contributed by atoms with Crippen LogP contribution in [0.1, 0.15) is 39.2 Å². The van der Waals surface area contributed by atoms with Gasteiger partial charge in [-0.1, -0.05) is 31.2 Å². The van der Waals surface area contributed by atoms with Crippen LogP contribution >= 0.6 is 0 Å². The molecule has 3 heteroatoms. The van der Waals surface area contributed by atoms with E-state index in [2.05, 4.69) is 69.6 Å². The SMILES string of the molecule is C/C=C(/C)c1ccccc1N=C1C[CH-]N(C)C(C)C1.[Yb]. The van der Waals surface area contributed by atoms with Gasteiger partial charge in [-0.3, -0.25) is 11.5 Å². The van der Waals surface area contributed by atoms with Gasteiger partial charge in [0.25, 0.3) is 0 Å². The first-order valence-electron chi connectivity index (χ1n) is 6.96. The fraction of sp³-hybridized carbons (Fsp3) is 0.412. The molecule has 0 aliphatic carbocycles. The Bertz CT molecular complexity index is 505. The molecule has 0 spiro atoms. The Morgan fingerprint density at radius 3 is 2.75 bits per heavy atom. The average molecular weight is 428 g/mol. The second-order valence-corrected chi connectivity index (χ2v) is 5.27. The summed E-state index contributed by atoms with van der Waals surface area (Å²) in [5.74, 6) is 0. The van der Waals surface area contributed by atoms with Crippen molar-refractivity contribution in [1.29, 1.82) is 0 Å². The van der Waals surface area contributed by atoms with Gasteiger partial charge in [-0.25, -0.2) is 0 Å². The summed E-state index contributed by atoms with van der Waals surface area (Å²) in [6.45, 7) is 8.69. The van der Waals surface area contributed by atoms with Crippen LogP contribution in [0.4, 0.5) is 5.69 Å². The summed E-state index contributed by atoms with van der Waals surface area (Å²) in [4.78, 5) is 7.17. The Morgan fingerprint density at radius 2 is 2.10 bits per heavy atom. The monoisotopic (exact) mass is 429 g/mol. The minimum absolute atomic E-state index is 0. The summed E-state index contributed by atoms with van der Waals surface area (Å²) in [5.41, 5.74) is 4.90. The number of aliphatic imine (C=N–C) groups is 1. The van der Waals surface area contributed by atoms with Crippen LogP contribution < -0.4 is 0 Å². The maximum Gasteiger partial charge on any atom is 0.0702 e. The van der Waals surface area contributed by atoms with Crippen LogP contribution in [-0.2, 0) is 0 Å². The van der Waals surface area contributed by atoms with Crippen molar-refractivity contribution in [2.24, 2.45) is 4.99 Å². The molecule has 0 bridgehead atoms. The minimum Gasteiger partial charge on any atom is -0.456 e. The quantitative estimate of drug-likeness (QED) is 0.636. The summed E-state index contributed by atoms with van der Waals surface area (Å²) < 4.78 is 0. The minimum atomic E-state index is 0. The van der Waals surface area contributed by atoms with Crippen LogP contribution in [0.5, 0.6) is 0 Å². The van der Waals surface area contributed by atoms with Crippen LogP contribution in [0.15, 0.2) is 35.3 Å². The molecule has 0 amide bonds. The first-order valence-corrected chi connectivity index (χ1v) is 6.96. The third-order valence-electron chi connectivity index (χ3n) is 3.88. The van der Waals surface area contributed by atoms with Gasteiger partial charge < -0.3 is 4.90 Å². The third kappa shape index (κ3) is 4.56. The number of hydrogen-bond acceptors (Lipinski definition) is 2. The maximum absolute atomic E-state index is 4.89. The van der Waals surface area contributed by atoms with E-state index in [1.807, 2.05) is 0 Å². The molecule has 1 fully saturated rings. The molecular formula is C17H23N2Yb-. The number of piperidine rings is 1. The standard InChI is InChI=1S/C17H23N2.Yb/c1-5-13(2)16-8-6-7-9-17(16)18-15-10-11-19(4)14(3)12-15;/h5-9,11,14H,10,12H2,1-4H3;/q-1;/b13-5-,18-15?;. The van der Waals surface area contributed by atoms with E-state index in [9.17, 15) is 0 Å². The molecule has 2 nitrogen and oxygen atoms in total. The zero-order valence-electron chi connectivity index (χ0n) is 12.6. The van der Waals surface area contributed by atoms with Gasteiger partial charge in [0.2, 0.25) is 0 Å². The van der Waals surface area contributed by atoms with Crippen molar-refractivity contribution < 1.29 is 46.9 Å². The molecule has 1 aliphatic heterocycles. The predicted octanol–water partition coefficient (Wildman–Crippen LogP) is 4.46. The van der Waals surface area contributed by atoms with Crippen LogP contribution in [0.2, 0.25) is 0 Å². The Hall–Kier alpha value is 0.109. The molecule has 1 aromatic rings. The van der Waals surface area contributed by atoms with Gasteiger partial charge in [-0.15, -0.1) is 6.42 Å². The normalized spacial score (nSPS) is 22.7. The summed E-state index contributed by atoms with van der Waals surface area (Å²) >= 11 is 0. The van der Waals surface area contributed by atoms with Crippen molar-refractivity contribution in [1.82, 2.24) is 4.90 Å². The van der Waals surface area contributed by atoms with Gasteiger partial charge in [0.05, 0.1) is 5.69 Å². The van der Waals surface area contributed by atoms with E-state index in [-0.39, 0.29) is 46.9 Å². The number of hydrogen-bond donors (Lipinski definition) is 0. The van der Waals surface area contributed by atoms with E-state index < -0.39 is 0 Å². The number of rotatable bonds is 2. The van der Waals surface area contributed by atoms with Crippen LogP contribution in [0.25, 0.3) is 5.57 Å². The second kappa shape index (κ2) is 8.53. The van der Waals surface area contributed by atoms with Crippen LogP contribution in [0, 0.1) is 53.5 Å². The fourth-order valence-electron chi connectivity index (χ4n) is 2.32. The predicted molar refractivity (Wildman–Crippen MR) is 83.6 cm³/mol.